The third-order valence-electron chi connectivity index (χ3n) is 3.07. The van der Waals surface area contributed by atoms with Gasteiger partial charge >= 0.3 is 11.8 Å². The molecule has 0 spiro atoms. The number of nitrogens with two attached hydrogens (primary N) is 1. The van der Waals surface area contributed by atoms with Gasteiger partial charge in [0.05, 0.1) is 29.8 Å². The first-order valence-corrected chi connectivity index (χ1v) is 6.85. The molecule has 0 bridgehead atoms. The summed E-state index contributed by atoms with van der Waals surface area (Å²) >= 11 is 0. The summed E-state index contributed by atoms with van der Waals surface area (Å²) in [4.78, 5) is 26.3. The van der Waals surface area contributed by atoms with Crippen LogP contribution >= 0.6 is 0 Å². The fraction of sp³-hybridized carbons (Fsp3) is 0.214. The minimum absolute atomic E-state index is 0.0748. The highest BCUT2D eigenvalue weighted by Crippen LogP contribution is 2.11. The highest BCUT2D eigenvalue weighted by atomic mass is 19.1. The standard InChI is InChI=1S/C14H14FN5O4/c1-9-8-12(20(22)23)17-19(9)7-6-13(21)24-18-14(16)10-2-4-11(15)5-3-10/h2-5,8H,6-7H2,1H3,(H2,16,18). The Hall–Kier alpha value is -3.30. The van der Waals surface area contributed by atoms with Crippen molar-refractivity contribution in [3.05, 3.63) is 57.5 Å². The molecule has 0 fully saturated rings. The average molecular weight is 335 g/mol. The van der Waals surface area contributed by atoms with E-state index in [1.54, 1.807) is 6.92 Å². The molecule has 1 aromatic carbocycles. The number of benzene rings is 1. The van der Waals surface area contributed by atoms with E-state index in [4.69, 9.17) is 5.73 Å². The summed E-state index contributed by atoms with van der Waals surface area (Å²) in [7, 11) is 0. The Morgan fingerprint density at radius 2 is 2.12 bits per heavy atom. The third kappa shape index (κ3) is 4.35. The van der Waals surface area contributed by atoms with Crippen LogP contribution in [-0.2, 0) is 16.2 Å². The molecule has 0 saturated heterocycles. The van der Waals surface area contributed by atoms with Crippen molar-refractivity contribution in [3.8, 4) is 0 Å². The lowest BCUT2D eigenvalue weighted by Gasteiger charge is -2.01. The minimum Gasteiger partial charge on any atom is -0.380 e. The van der Waals surface area contributed by atoms with Crippen LogP contribution in [0.4, 0.5) is 10.2 Å². The number of rotatable bonds is 6. The summed E-state index contributed by atoms with van der Waals surface area (Å²) in [5, 5.41) is 17.8. The summed E-state index contributed by atoms with van der Waals surface area (Å²) < 4.78 is 14.1. The predicted octanol–water partition coefficient (Wildman–Crippen LogP) is 1.49. The van der Waals surface area contributed by atoms with E-state index >= 15 is 0 Å². The van der Waals surface area contributed by atoms with Crippen LogP contribution in [-0.4, -0.2) is 26.5 Å². The van der Waals surface area contributed by atoms with Gasteiger partial charge in [0.15, 0.2) is 5.84 Å². The number of carbonyl (C=O) groups excluding carboxylic acids is 1. The zero-order chi connectivity index (χ0) is 17.7. The van der Waals surface area contributed by atoms with Crippen LogP contribution in [0.5, 0.6) is 0 Å². The van der Waals surface area contributed by atoms with Gasteiger partial charge in [-0.3, -0.25) is 0 Å². The molecule has 0 atom stereocenters. The van der Waals surface area contributed by atoms with Gasteiger partial charge in [0, 0.05) is 5.56 Å². The molecule has 9 nitrogen and oxygen atoms in total. The number of amidine groups is 1. The van der Waals surface area contributed by atoms with Crippen LogP contribution in [0.2, 0.25) is 0 Å². The summed E-state index contributed by atoms with van der Waals surface area (Å²) in [5.41, 5.74) is 6.57. The lowest BCUT2D eigenvalue weighted by molar-refractivity contribution is -0.389. The fourth-order valence-corrected chi connectivity index (χ4v) is 1.82. The molecular weight excluding hydrogens is 321 g/mol. The summed E-state index contributed by atoms with van der Waals surface area (Å²) in [6.45, 7) is 1.74. The van der Waals surface area contributed by atoms with Crippen LogP contribution in [0.15, 0.2) is 35.5 Å². The van der Waals surface area contributed by atoms with E-state index in [1.807, 2.05) is 0 Å². The van der Waals surface area contributed by atoms with Crippen molar-refractivity contribution >= 4 is 17.6 Å². The highest BCUT2D eigenvalue weighted by molar-refractivity contribution is 5.97. The molecule has 1 heterocycles. The SMILES string of the molecule is Cc1cc([N+](=O)[O-])nn1CCC(=O)O/N=C(\N)c1ccc(F)cc1. The van der Waals surface area contributed by atoms with Crippen molar-refractivity contribution in [2.24, 2.45) is 10.9 Å². The lowest BCUT2D eigenvalue weighted by Crippen LogP contribution is -2.16. The monoisotopic (exact) mass is 335 g/mol. The molecule has 0 aliphatic heterocycles. The summed E-state index contributed by atoms with van der Waals surface area (Å²) in [6, 6.07) is 6.50. The fourth-order valence-electron chi connectivity index (χ4n) is 1.82. The maximum Gasteiger partial charge on any atom is 0.390 e. The molecule has 0 saturated carbocycles. The number of aromatic nitrogens is 2. The van der Waals surface area contributed by atoms with Gasteiger partial charge < -0.3 is 20.7 Å². The second-order valence-corrected chi connectivity index (χ2v) is 4.82. The highest BCUT2D eigenvalue weighted by Gasteiger charge is 2.16. The molecule has 2 N–H and O–H groups in total. The van der Waals surface area contributed by atoms with Gasteiger partial charge in [-0.2, -0.15) is 4.68 Å². The van der Waals surface area contributed by atoms with Gasteiger partial charge in [0.2, 0.25) is 0 Å². The number of oxime groups is 1. The first kappa shape index (κ1) is 17.1. The van der Waals surface area contributed by atoms with E-state index in [2.05, 4.69) is 15.1 Å². The Balaban J connectivity index is 1.90. The maximum absolute atomic E-state index is 12.8. The second-order valence-electron chi connectivity index (χ2n) is 4.82. The molecule has 126 valence electrons. The van der Waals surface area contributed by atoms with Crippen LogP contribution < -0.4 is 5.73 Å². The van der Waals surface area contributed by atoms with Crippen molar-refractivity contribution in [2.75, 3.05) is 0 Å². The van der Waals surface area contributed by atoms with Crippen LogP contribution in [0, 0.1) is 22.9 Å². The summed E-state index contributed by atoms with van der Waals surface area (Å²) in [6.07, 6.45) is -0.0973. The molecule has 0 amide bonds. The van der Waals surface area contributed by atoms with Crippen molar-refractivity contribution in [1.29, 1.82) is 0 Å². The van der Waals surface area contributed by atoms with E-state index in [1.165, 1.54) is 35.0 Å². The zero-order valence-corrected chi connectivity index (χ0v) is 12.7. The Kier molecular flexibility index (Phi) is 5.20. The zero-order valence-electron chi connectivity index (χ0n) is 12.7. The average Bonchev–Trinajstić information content (AvgIpc) is 2.92. The second kappa shape index (κ2) is 7.31. The number of carbonyl (C=O) groups is 1. The van der Waals surface area contributed by atoms with Gasteiger partial charge in [-0.15, -0.1) is 0 Å². The topological polar surface area (TPSA) is 126 Å². The smallest absolute Gasteiger partial charge is 0.380 e. The molecule has 24 heavy (non-hydrogen) atoms. The molecule has 1 aromatic heterocycles. The van der Waals surface area contributed by atoms with Crippen LogP contribution in [0.25, 0.3) is 0 Å². The van der Waals surface area contributed by atoms with Crippen molar-refractivity contribution < 1.29 is 18.9 Å². The molecule has 0 radical (unpaired) electrons. The first-order valence-electron chi connectivity index (χ1n) is 6.85. The van der Waals surface area contributed by atoms with Crippen molar-refractivity contribution in [1.82, 2.24) is 9.78 Å². The van der Waals surface area contributed by atoms with Gasteiger partial charge in [-0.1, -0.05) is 5.16 Å². The van der Waals surface area contributed by atoms with Crippen molar-refractivity contribution in [3.63, 3.8) is 0 Å². The molecule has 2 aromatic rings. The molecule has 2 rings (SSSR count). The van der Waals surface area contributed by atoms with Crippen molar-refractivity contribution in [2.45, 2.75) is 19.9 Å². The van der Waals surface area contributed by atoms with Gasteiger partial charge in [0.1, 0.15) is 5.82 Å². The lowest BCUT2D eigenvalue weighted by atomic mass is 10.2. The molecule has 0 aliphatic carbocycles. The maximum atomic E-state index is 12.8. The minimum atomic E-state index is -0.683. The Labute approximate surface area is 135 Å². The van der Waals surface area contributed by atoms with E-state index < -0.39 is 16.7 Å². The molecule has 0 aliphatic rings. The molecule has 10 heteroatoms. The van der Waals surface area contributed by atoms with Crippen LogP contribution in [0.3, 0.4) is 0 Å². The van der Waals surface area contributed by atoms with Gasteiger partial charge in [-0.05, 0) is 36.1 Å². The number of nitrogens with zero attached hydrogens (tertiary/aromatic N) is 4. The van der Waals surface area contributed by atoms with E-state index in [0.717, 1.165) is 0 Å². The number of halogens is 1. The molecule has 0 unspecified atom stereocenters. The largest absolute Gasteiger partial charge is 0.390 e. The normalized spacial score (nSPS) is 11.3. The van der Waals surface area contributed by atoms with E-state index in [0.29, 0.717) is 11.3 Å². The Morgan fingerprint density at radius 3 is 2.71 bits per heavy atom. The number of hydrogen-bond acceptors (Lipinski definition) is 6. The predicted molar refractivity (Wildman–Crippen MR) is 81.5 cm³/mol. The first-order chi connectivity index (χ1) is 11.4. The third-order valence-corrected chi connectivity index (χ3v) is 3.07. The van der Waals surface area contributed by atoms with Crippen LogP contribution in [0.1, 0.15) is 17.7 Å². The Morgan fingerprint density at radius 1 is 1.46 bits per heavy atom. The van der Waals surface area contributed by atoms with Gasteiger partial charge in [0.25, 0.3) is 0 Å². The van der Waals surface area contributed by atoms with Gasteiger partial charge in [-0.25, -0.2) is 9.18 Å². The number of hydrogen-bond donors (Lipinski definition) is 1. The van der Waals surface area contributed by atoms with E-state index in [-0.39, 0.29) is 24.6 Å². The number of nitro groups is 1. The molecular formula is C14H14FN5O4. The Bertz CT molecular complexity index is 785. The summed E-state index contributed by atoms with van der Waals surface area (Å²) in [5.74, 6) is -1.47. The van der Waals surface area contributed by atoms with E-state index in [9.17, 15) is 19.3 Å². The quantitative estimate of drug-likeness (QED) is 0.280. The number of aryl methyl sites for hydroxylation is 2.